The molecule has 0 amide bonds. The van der Waals surface area contributed by atoms with E-state index in [2.05, 4.69) is 32.9 Å². The highest BCUT2D eigenvalue weighted by molar-refractivity contribution is 5.53. The molecule has 4 nitrogen and oxygen atoms in total. The second-order valence-electron chi connectivity index (χ2n) is 7.22. The SMILES string of the molecule is Cc1c(C)c(C)c(CC(C#N)(C#N)c2ccc(C(C#N)C#N)cc2)c(C)c1C. The number of hydrogen-bond donors (Lipinski definition) is 0. The number of nitriles is 4. The topological polar surface area (TPSA) is 95.2 Å². The first-order valence-corrected chi connectivity index (χ1v) is 9.04. The third-order valence-corrected chi connectivity index (χ3v) is 5.97. The van der Waals surface area contributed by atoms with Crippen LogP contribution in [0.15, 0.2) is 24.3 Å². The van der Waals surface area contributed by atoms with Gasteiger partial charge in [-0.2, -0.15) is 21.0 Å². The lowest BCUT2D eigenvalue weighted by Gasteiger charge is -2.25. The summed E-state index contributed by atoms with van der Waals surface area (Å²) in [5.41, 5.74) is 6.66. The average Bonchev–Trinajstić information content (AvgIpc) is 2.73. The van der Waals surface area contributed by atoms with Gasteiger partial charge in [-0.05, 0) is 79.1 Å². The maximum absolute atomic E-state index is 9.96. The van der Waals surface area contributed by atoms with Crippen molar-refractivity contribution in [1.29, 1.82) is 21.0 Å². The van der Waals surface area contributed by atoms with E-state index in [9.17, 15) is 10.5 Å². The van der Waals surface area contributed by atoms with E-state index in [4.69, 9.17) is 10.5 Å². The molecule has 0 N–H and O–H groups in total. The molecule has 0 aromatic heterocycles. The van der Waals surface area contributed by atoms with E-state index in [1.165, 1.54) is 16.7 Å². The Morgan fingerprint density at radius 2 is 1.14 bits per heavy atom. The molecule has 0 fully saturated rings. The minimum atomic E-state index is -1.34. The summed E-state index contributed by atoms with van der Waals surface area (Å²) in [4.78, 5) is 0. The van der Waals surface area contributed by atoms with E-state index in [0.29, 0.717) is 17.5 Å². The molecule has 2 aromatic carbocycles. The Balaban J connectivity index is 2.59. The molecular formula is C24H22N4. The standard InChI is InChI=1S/C24H22N4/c1-15-16(2)18(4)23(19(5)17(15)3)10-24(13-27,14-28)22-8-6-20(7-9-22)21(11-25)12-26/h6-9,21H,10H2,1-5H3. The van der Waals surface area contributed by atoms with Gasteiger partial charge in [-0.25, -0.2) is 0 Å². The maximum Gasteiger partial charge on any atom is 0.172 e. The van der Waals surface area contributed by atoms with Crippen LogP contribution in [-0.4, -0.2) is 0 Å². The van der Waals surface area contributed by atoms with Crippen molar-refractivity contribution in [1.82, 2.24) is 0 Å². The van der Waals surface area contributed by atoms with Gasteiger partial charge in [0.2, 0.25) is 0 Å². The predicted octanol–water partition coefficient (Wildman–Crippen LogP) is 4.89. The largest absolute Gasteiger partial charge is 0.196 e. The molecule has 0 bridgehead atoms. The Labute approximate surface area is 166 Å². The van der Waals surface area contributed by atoms with Crippen LogP contribution in [0, 0.1) is 79.9 Å². The van der Waals surface area contributed by atoms with Crippen LogP contribution in [0.4, 0.5) is 0 Å². The lowest BCUT2D eigenvalue weighted by atomic mass is 9.74. The average molecular weight is 366 g/mol. The molecule has 0 saturated carbocycles. The van der Waals surface area contributed by atoms with Crippen molar-refractivity contribution < 1.29 is 0 Å². The first-order valence-electron chi connectivity index (χ1n) is 9.04. The molecule has 0 aliphatic carbocycles. The third-order valence-electron chi connectivity index (χ3n) is 5.97. The monoisotopic (exact) mass is 366 g/mol. The van der Waals surface area contributed by atoms with Crippen LogP contribution in [0.25, 0.3) is 0 Å². The zero-order valence-corrected chi connectivity index (χ0v) is 16.9. The number of benzene rings is 2. The minimum absolute atomic E-state index is 0.291. The summed E-state index contributed by atoms with van der Waals surface area (Å²) >= 11 is 0. The normalized spacial score (nSPS) is 10.6. The highest BCUT2D eigenvalue weighted by Crippen LogP contribution is 2.34. The molecule has 0 aliphatic rings. The molecule has 0 radical (unpaired) electrons. The number of rotatable bonds is 4. The zero-order valence-electron chi connectivity index (χ0n) is 16.9. The first-order chi connectivity index (χ1) is 13.3. The second kappa shape index (κ2) is 7.96. The molecule has 0 unspecified atom stereocenters. The molecule has 0 heterocycles. The van der Waals surface area contributed by atoms with Crippen LogP contribution in [0.1, 0.15) is 50.4 Å². The zero-order chi connectivity index (χ0) is 21.1. The van der Waals surface area contributed by atoms with Crippen molar-refractivity contribution in [3.63, 3.8) is 0 Å². The summed E-state index contributed by atoms with van der Waals surface area (Å²) in [5.74, 6) is -0.862. The van der Waals surface area contributed by atoms with Gasteiger partial charge < -0.3 is 0 Å². The van der Waals surface area contributed by atoms with Gasteiger partial charge in [-0.1, -0.05) is 24.3 Å². The second-order valence-corrected chi connectivity index (χ2v) is 7.22. The van der Waals surface area contributed by atoms with Crippen molar-refractivity contribution >= 4 is 0 Å². The van der Waals surface area contributed by atoms with E-state index < -0.39 is 11.3 Å². The summed E-state index contributed by atoms with van der Waals surface area (Å²) in [7, 11) is 0. The van der Waals surface area contributed by atoms with Gasteiger partial charge in [0.15, 0.2) is 11.3 Å². The molecule has 0 aliphatic heterocycles. The fourth-order valence-corrected chi connectivity index (χ4v) is 3.58. The Kier molecular flexibility index (Phi) is 5.89. The summed E-state index contributed by atoms with van der Waals surface area (Å²) in [5, 5.41) is 38.0. The molecule has 138 valence electrons. The van der Waals surface area contributed by atoms with Crippen molar-refractivity contribution in [3.05, 3.63) is 68.8 Å². The lowest BCUT2D eigenvalue weighted by molar-refractivity contribution is 0.686. The van der Waals surface area contributed by atoms with Gasteiger partial charge in [0.1, 0.15) is 0 Å². The first kappa shape index (κ1) is 20.7. The van der Waals surface area contributed by atoms with Crippen molar-refractivity contribution in [2.24, 2.45) is 0 Å². The Bertz CT molecular complexity index is 1020. The summed E-state index contributed by atoms with van der Waals surface area (Å²) in [6.45, 7) is 10.3. The van der Waals surface area contributed by atoms with Gasteiger partial charge in [-0.3, -0.25) is 0 Å². The van der Waals surface area contributed by atoms with E-state index in [-0.39, 0.29) is 0 Å². The van der Waals surface area contributed by atoms with E-state index in [1.54, 1.807) is 24.3 Å². The van der Waals surface area contributed by atoms with Crippen LogP contribution >= 0.6 is 0 Å². The van der Waals surface area contributed by atoms with Crippen LogP contribution in [0.5, 0.6) is 0 Å². The maximum atomic E-state index is 9.96. The molecule has 0 spiro atoms. The van der Waals surface area contributed by atoms with Crippen molar-refractivity contribution in [2.75, 3.05) is 0 Å². The highest BCUT2D eigenvalue weighted by atomic mass is 14.4. The molecule has 0 saturated heterocycles. The Hall–Kier alpha value is -3.60. The van der Waals surface area contributed by atoms with Crippen LogP contribution < -0.4 is 0 Å². The van der Waals surface area contributed by atoms with E-state index >= 15 is 0 Å². The Morgan fingerprint density at radius 1 is 0.714 bits per heavy atom. The molecule has 2 rings (SSSR count). The van der Waals surface area contributed by atoms with Gasteiger partial charge in [0.25, 0.3) is 0 Å². The fraction of sp³-hybridized carbons (Fsp3) is 0.333. The van der Waals surface area contributed by atoms with Gasteiger partial charge >= 0.3 is 0 Å². The molecular weight excluding hydrogens is 344 g/mol. The lowest BCUT2D eigenvalue weighted by Crippen LogP contribution is -2.26. The summed E-state index contributed by atoms with van der Waals surface area (Å²) in [6, 6.07) is 15.0. The Morgan fingerprint density at radius 3 is 1.54 bits per heavy atom. The third kappa shape index (κ3) is 3.34. The molecule has 0 atom stereocenters. The predicted molar refractivity (Wildman–Crippen MR) is 107 cm³/mol. The smallest absolute Gasteiger partial charge is 0.172 e. The summed E-state index contributed by atoms with van der Waals surface area (Å²) < 4.78 is 0. The number of hydrogen-bond acceptors (Lipinski definition) is 4. The quantitative estimate of drug-likeness (QED) is 0.770. The van der Waals surface area contributed by atoms with Crippen LogP contribution in [0.3, 0.4) is 0 Å². The molecule has 2 aromatic rings. The molecule has 28 heavy (non-hydrogen) atoms. The van der Waals surface area contributed by atoms with Crippen molar-refractivity contribution in [2.45, 2.75) is 52.4 Å². The fourth-order valence-electron chi connectivity index (χ4n) is 3.58. The van der Waals surface area contributed by atoms with Crippen molar-refractivity contribution in [3.8, 4) is 24.3 Å². The minimum Gasteiger partial charge on any atom is -0.196 e. The summed E-state index contributed by atoms with van der Waals surface area (Å²) in [6.07, 6.45) is 0.291. The van der Waals surface area contributed by atoms with Gasteiger partial charge in [0, 0.05) is 6.42 Å². The highest BCUT2D eigenvalue weighted by Gasteiger charge is 2.34. The van der Waals surface area contributed by atoms with Crippen LogP contribution in [-0.2, 0) is 11.8 Å². The molecule has 4 heteroatoms. The van der Waals surface area contributed by atoms with Crippen LogP contribution in [0.2, 0.25) is 0 Å². The number of nitrogens with zero attached hydrogens (tertiary/aromatic N) is 4. The van der Waals surface area contributed by atoms with Gasteiger partial charge in [-0.15, -0.1) is 0 Å². The van der Waals surface area contributed by atoms with Gasteiger partial charge in [0.05, 0.1) is 24.3 Å². The van der Waals surface area contributed by atoms with E-state index in [1.807, 2.05) is 26.0 Å². The van der Waals surface area contributed by atoms with E-state index in [0.717, 1.165) is 16.7 Å².